The number of nitrogens with zero attached hydrogens (tertiary/aromatic N) is 1. The number of ketones is 1. The molecule has 1 aliphatic rings. The van der Waals surface area contributed by atoms with Crippen molar-refractivity contribution >= 4 is 22.7 Å². The lowest BCUT2D eigenvalue weighted by atomic mass is 9.75. The van der Waals surface area contributed by atoms with Gasteiger partial charge in [-0.3, -0.25) is 14.4 Å². The summed E-state index contributed by atoms with van der Waals surface area (Å²) in [5.74, 6) is 0.180. The average Bonchev–Trinajstić information content (AvgIpc) is 3.13. The number of aromatic amines is 2. The number of benzene rings is 1. The zero-order chi connectivity index (χ0) is 22.3. The Bertz CT molecular complexity index is 1190. The first-order valence-electron chi connectivity index (χ1n) is 10.7. The van der Waals surface area contributed by atoms with Gasteiger partial charge in [-0.1, -0.05) is 46.2 Å². The molecule has 0 fully saturated rings. The number of aromatic nitrogens is 3. The van der Waals surface area contributed by atoms with Gasteiger partial charge in [0.1, 0.15) is 11.4 Å². The Labute approximate surface area is 180 Å². The minimum atomic E-state index is -0.507. The van der Waals surface area contributed by atoms with Crippen molar-refractivity contribution < 1.29 is 9.59 Å². The van der Waals surface area contributed by atoms with Crippen LogP contribution in [0.25, 0.3) is 11.0 Å². The molecule has 2 aromatic heterocycles. The van der Waals surface area contributed by atoms with E-state index in [-0.39, 0.29) is 22.7 Å². The minimum absolute atomic E-state index is 0.0452. The number of nitrogens with one attached hydrogen (secondary N) is 3. The second-order valence-corrected chi connectivity index (χ2v) is 9.32. The van der Waals surface area contributed by atoms with Crippen LogP contribution in [0.3, 0.4) is 0 Å². The van der Waals surface area contributed by atoms with E-state index in [4.69, 9.17) is 0 Å². The van der Waals surface area contributed by atoms with Gasteiger partial charge in [-0.25, -0.2) is 4.98 Å². The molecule has 2 unspecified atom stereocenters. The number of rotatable bonds is 5. The molecule has 0 aliphatic heterocycles. The van der Waals surface area contributed by atoms with Crippen LogP contribution in [-0.2, 0) is 6.42 Å². The Morgan fingerprint density at radius 3 is 2.65 bits per heavy atom. The van der Waals surface area contributed by atoms with Crippen LogP contribution in [0.5, 0.6) is 0 Å². The van der Waals surface area contributed by atoms with Crippen molar-refractivity contribution in [1.29, 1.82) is 0 Å². The van der Waals surface area contributed by atoms with Gasteiger partial charge in [0, 0.05) is 17.7 Å². The maximum Gasteiger partial charge on any atom is 0.261 e. The van der Waals surface area contributed by atoms with Gasteiger partial charge >= 0.3 is 0 Å². The minimum Gasteiger partial charge on any atom is -0.342 e. The number of amides is 1. The van der Waals surface area contributed by atoms with Gasteiger partial charge in [0.15, 0.2) is 5.78 Å². The van der Waals surface area contributed by atoms with E-state index in [1.807, 2.05) is 52.0 Å². The molecule has 0 bridgehead atoms. The van der Waals surface area contributed by atoms with E-state index in [1.165, 1.54) is 6.07 Å². The highest BCUT2D eigenvalue weighted by Gasteiger charge is 2.33. The Morgan fingerprint density at radius 1 is 1.19 bits per heavy atom. The zero-order valence-electron chi connectivity index (χ0n) is 18.3. The lowest BCUT2D eigenvalue weighted by Crippen LogP contribution is -2.38. The number of carbonyl (C=O) groups excluding carboxylic acids is 2. The molecule has 0 saturated carbocycles. The van der Waals surface area contributed by atoms with Crippen molar-refractivity contribution in [1.82, 2.24) is 20.3 Å². The first kappa shape index (κ1) is 21.0. The number of para-hydroxylation sites is 2. The van der Waals surface area contributed by atoms with Crippen molar-refractivity contribution in [3.63, 3.8) is 0 Å². The van der Waals surface area contributed by atoms with Crippen LogP contribution in [0.15, 0.2) is 35.1 Å². The molecule has 1 aromatic carbocycles. The summed E-state index contributed by atoms with van der Waals surface area (Å²) in [5.41, 5.74) is 2.02. The molecular formula is C24H28N4O3. The van der Waals surface area contributed by atoms with Gasteiger partial charge < -0.3 is 15.3 Å². The predicted octanol–water partition coefficient (Wildman–Crippen LogP) is 3.92. The fourth-order valence-corrected chi connectivity index (χ4v) is 4.25. The number of Topliss-reactive ketones (excluding diaryl/α,β-unsaturated/α-hetero) is 1. The molecule has 4 rings (SSSR count). The van der Waals surface area contributed by atoms with E-state index in [0.717, 1.165) is 17.5 Å². The maximum atomic E-state index is 13.1. The fraction of sp³-hybridized carbons (Fsp3) is 0.417. The maximum absolute atomic E-state index is 13.1. The number of H-pyrrole nitrogens is 2. The standard InChI is InChI=1S/C24H28N4O3/c1-5-13(2)20(21-25-16-8-6-7-9-17(16)26-21)28-23(31)15-10-14-18(27-22(15)30)11-24(3,4)12-19(14)29/h6-10,13,20H,5,11-12H2,1-4H3,(H,25,26)(H,27,30)(H,28,31). The summed E-state index contributed by atoms with van der Waals surface area (Å²) in [7, 11) is 0. The van der Waals surface area contributed by atoms with Crippen LogP contribution in [0, 0.1) is 11.3 Å². The third-order valence-electron chi connectivity index (χ3n) is 6.16. The highest BCUT2D eigenvalue weighted by atomic mass is 16.2. The second kappa shape index (κ2) is 7.80. The van der Waals surface area contributed by atoms with E-state index >= 15 is 0 Å². The van der Waals surface area contributed by atoms with Gasteiger partial charge in [-0.15, -0.1) is 0 Å². The summed E-state index contributed by atoms with van der Waals surface area (Å²) in [6.45, 7) is 8.06. The van der Waals surface area contributed by atoms with Crippen molar-refractivity contribution in [2.45, 2.75) is 53.0 Å². The predicted molar refractivity (Wildman–Crippen MR) is 119 cm³/mol. The molecule has 3 N–H and O–H groups in total. The number of fused-ring (bicyclic) bond motifs is 2. The summed E-state index contributed by atoms with van der Waals surface area (Å²) in [4.78, 5) is 49.1. The Balaban J connectivity index is 1.67. The molecule has 0 radical (unpaired) electrons. The van der Waals surface area contributed by atoms with Crippen molar-refractivity contribution in [3.05, 3.63) is 63.3 Å². The highest BCUT2D eigenvalue weighted by Crippen LogP contribution is 2.33. The molecule has 0 saturated heterocycles. The van der Waals surface area contributed by atoms with Crippen LogP contribution in [0.2, 0.25) is 0 Å². The Kier molecular flexibility index (Phi) is 5.29. The van der Waals surface area contributed by atoms with Crippen molar-refractivity contribution in [2.24, 2.45) is 11.3 Å². The third-order valence-corrected chi connectivity index (χ3v) is 6.16. The average molecular weight is 421 g/mol. The molecule has 162 valence electrons. The monoisotopic (exact) mass is 420 g/mol. The Hall–Kier alpha value is -3.22. The number of hydrogen-bond donors (Lipinski definition) is 3. The number of hydrogen-bond acceptors (Lipinski definition) is 4. The summed E-state index contributed by atoms with van der Waals surface area (Å²) >= 11 is 0. The lowest BCUT2D eigenvalue weighted by Gasteiger charge is -2.30. The molecule has 2 heterocycles. The van der Waals surface area contributed by atoms with Gasteiger partial charge in [0.05, 0.1) is 17.1 Å². The largest absolute Gasteiger partial charge is 0.342 e. The lowest BCUT2D eigenvalue weighted by molar-refractivity contribution is 0.0909. The molecule has 3 aromatic rings. The SMILES string of the molecule is CCC(C)C(NC(=O)c1cc2c([nH]c1=O)CC(C)(C)CC2=O)c1nc2ccccc2[nH]1. The van der Waals surface area contributed by atoms with Gasteiger partial charge in [0.2, 0.25) is 0 Å². The molecule has 0 spiro atoms. The molecule has 1 aliphatic carbocycles. The summed E-state index contributed by atoms with van der Waals surface area (Å²) < 4.78 is 0. The van der Waals surface area contributed by atoms with Gasteiger partial charge in [-0.05, 0) is 36.0 Å². The normalized spacial score (nSPS) is 17.2. The first-order chi connectivity index (χ1) is 14.7. The van der Waals surface area contributed by atoms with Crippen molar-refractivity contribution in [2.75, 3.05) is 0 Å². The van der Waals surface area contributed by atoms with Crippen LogP contribution < -0.4 is 10.9 Å². The van der Waals surface area contributed by atoms with Crippen molar-refractivity contribution in [3.8, 4) is 0 Å². The highest BCUT2D eigenvalue weighted by molar-refractivity contribution is 6.02. The number of pyridine rings is 1. The van der Waals surface area contributed by atoms with E-state index in [9.17, 15) is 14.4 Å². The van der Waals surface area contributed by atoms with Gasteiger partial charge in [-0.2, -0.15) is 0 Å². The number of imidazole rings is 1. The summed E-state index contributed by atoms with van der Waals surface area (Å²) in [6, 6.07) is 8.73. The Morgan fingerprint density at radius 2 is 1.94 bits per heavy atom. The number of carbonyl (C=O) groups is 2. The van der Waals surface area contributed by atoms with Crippen LogP contribution >= 0.6 is 0 Å². The first-order valence-corrected chi connectivity index (χ1v) is 10.7. The zero-order valence-corrected chi connectivity index (χ0v) is 18.3. The van der Waals surface area contributed by atoms with Gasteiger partial charge in [0.25, 0.3) is 11.5 Å². The summed E-state index contributed by atoms with van der Waals surface area (Å²) in [5, 5.41) is 2.98. The molecule has 7 heteroatoms. The van der Waals surface area contributed by atoms with Crippen LogP contribution in [0.1, 0.15) is 78.8 Å². The molecule has 7 nitrogen and oxygen atoms in total. The fourth-order valence-electron chi connectivity index (χ4n) is 4.25. The smallest absolute Gasteiger partial charge is 0.261 e. The van der Waals surface area contributed by atoms with Crippen LogP contribution in [-0.4, -0.2) is 26.6 Å². The molecule has 2 atom stereocenters. The topological polar surface area (TPSA) is 108 Å². The van der Waals surface area contributed by atoms with E-state index in [1.54, 1.807) is 0 Å². The van der Waals surface area contributed by atoms with E-state index in [2.05, 4.69) is 20.3 Å². The van der Waals surface area contributed by atoms with E-state index in [0.29, 0.717) is 29.9 Å². The third kappa shape index (κ3) is 4.04. The second-order valence-electron chi connectivity index (χ2n) is 9.32. The summed E-state index contributed by atoms with van der Waals surface area (Å²) in [6.07, 6.45) is 1.80. The molecule has 31 heavy (non-hydrogen) atoms. The van der Waals surface area contributed by atoms with E-state index < -0.39 is 17.5 Å². The quantitative estimate of drug-likeness (QED) is 0.581. The molecular weight excluding hydrogens is 392 g/mol. The molecule has 1 amide bonds. The van der Waals surface area contributed by atoms with Crippen LogP contribution in [0.4, 0.5) is 0 Å².